The normalized spacial score (nSPS) is 15.2. The van der Waals surface area contributed by atoms with E-state index in [9.17, 15) is 45.1 Å². The highest BCUT2D eigenvalue weighted by Crippen LogP contribution is 2.42. The van der Waals surface area contributed by atoms with Gasteiger partial charge in [0.15, 0.2) is 28.7 Å². The van der Waals surface area contributed by atoms with Gasteiger partial charge in [0.2, 0.25) is 35.2 Å². The molecule has 0 spiro atoms. The van der Waals surface area contributed by atoms with Crippen molar-refractivity contribution in [2.24, 2.45) is 4.99 Å². The predicted octanol–water partition coefficient (Wildman–Crippen LogP) is 12.5. The van der Waals surface area contributed by atoms with Gasteiger partial charge in [0.1, 0.15) is 76.6 Å². The number of carbonyl (C=O) groups is 3. The van der Waals surface area contributed by atoms with E-state index in [-0.39, 0.29) is 54.0 Å². The van der Waals surface area contributed by atoms with Crippen LogP contribution >= 0.6 is 15.9 Å². The number of pyridine rings is 3. The Bertz CT molecular complexity index is 5100. The smallest absolute Gasteiger partial charge is 0.308 e. The highest BCUT2D eigenvalue weighted by atomic mass is 79.9. The number of aliphatic imine (C=N–C) groups is 1. The fourth-order valence-electron chi connectivity index (χ4n) is 11.6. The summed E-state index contributed by atoms with van der Waals surface area (Å²) in [6, 6.07) is 21.2. The Hall–Kier alpha value is -10.1. The zero-order chi connectivity index (χ0) is 78.9. The molecule has 109 heavy (non-hydrogen) atoms. The summed E-state index contributed by atoms with van der Waals surface area (Å²) in [5.41, 5.74) is 4.07. The van der Waals surface area contributed by atoms with Crippen LogP contribution in [0.15, 0.2) is 90.3 Å². The number of rotatable bonds is 22. The van der Waals surface area contributed by atoms with Crippen molar-refractivity contribution in [3.05, 3.63) is 148 Å². The van der Waals surface area contributed by atoms with Crippen molar-refractivity contribution in [1.82, 2.24) is 80.1 Å². The molecular weight excluding hydrogens is 1530 g/mol. The van der Waals surface area contributed by atoms with Gasteiger partial charge in [-0.15, -0.1) is 30.6 Å². The van der Waals surface area contributed by atoms with Crippen LogP contribution in [-0.4, -0.2) is 178 Å². The van der Waals surface area contributed by atoms with E-state index in [1.165, 1.54) is 34.2 Å². The molecule has 0 bridgehead atoms. The Balaban J connectivity index is 0.000000155. The monoisotopic (exact) mass is 1600 g/mol. The van der Waals surface area contributed by atoms with Crippen molar-refractivity contribution in [2.75, 3.05) is 61.3 Å². The molecule has 4 aliphatic rings. The van der Waals surface area contributed by atoms with Gasteiger partial charge in [-0.1, -0.05) is 79.5 Å². The van der Waals surface area contributed by atoms with E-state index in [0.717, 1.165) is 47.1 Å². The zero-order valence-electron chi connectivity index (χ0n) is 62.3. The molecule has 12 heterocycles. The van der Waals surface area contributed by atoms with Gasteiger partial charge in [-0.25, -0.2) is 65.0 Å². The van der Waals surface area contributed by atoms with Crippen molar-refractivity contribution in [2.45, 2.75) is 148 Å². The Morgan fingerprint density at radius 1 is 0.578 bits per heavy atom. The minimum atomic E-state index is -3.83. The van der Waals surface area contributed by atoms with Crippen molar-refractivity contribution in [1.29, 1.82) is 0 Å². The summed E-state index contributed by atoms with van der Waals surface area (Å²) in [5.74, 6) is -2.55. The summed E-state index contributed by atoms with van der Waals surface area (Å²) >= 11 is 2.64. The number of aromatic nitrogens is 16. The topological polar surface area (TPSA) is 309 Å². The van der Waals surface area contributed by atoms with E-state index in [1.807, 2.05) is 48.5 Å². The molecule has 0 radical (unpaired) electrons. The number of methoxy groups -OCH3 is 2. The van der Waals surface area contributed by atoms with E-state index >= 15 is 0 Å². The van der Waals surface area contributed by atoms with E-state index < -0.39 is 68.6 Å². The second-order valence-corrected chi connectivity index (χ2v) is 42.0. The largest absolute Gasteiger partial charge is 0.497 e. The van der Waals surface area contributed by atoms with Gasteiger partial charge in [0.25, 0.3) is 0 Å². The first-order chi connectivity index (χ1) is 51.4. The fourth-order valence-corrected chi connectivity index (χ4v) is 13.6. The first kappa shape index (κ1) is 79.9. The lowest BCUT2D eigenvalue weighted by molar-refractivity contribution is -0.128. The van der Waals surface area contributed by atoms with Gasteiger partial charge in [0, 0.05) is 46.7 Å². The first-order valence-corrected chi connectivity index (χ1v) is 43.0. The number of carbonyl (C=O) groups excluding carboxylic acids is 3. The maximum Gasteiger partial charge on any atom is 0.308 e. The Labute approximate surface area is 632 Å². The van der Waals surface area contributed by atoms with Gasteiger partial charge in [-0.2, -0.15) is 10.2 Å². The van der Waals surface area contributed by atoms with Crippen LogP contribution in [0.5, 0.6) is 11.5 Å². The second-order valence-electron chi connectivity index (χ2n) is 30.0. The summed E-state index contributed by atoms with van der Waals surface area (Å²) in [7, 11) is 0.698. The number of ether oxygens (including phenoxy) is 4. The van der Waals surface area contributed by atoms with Crippen LogP contribution in [0.3, 0.4) is 0 Å². The van der Waals surface area contributed by atoms with Crippen LogP contribution < -0.4 is 24.6 Å². The number of anilines is 3. The number of amides is 3. The van der Waals surface area contributed by atoms with Crippen LogP contribution in [0.4, 0.5) is 48.2 Å². The standard InChI is InChI=1S/C27H32FN7O3Si.C21H18FN7O2.C20H25FN6O2Si.C4H5BrF4/c1-27(2)22-25(34(26(27)36)16-38-11-12-39(4,5)6)30-23(32-31-22)21-20-13-18(28)14-29-24(20)35(33-21)15-17-7-9-19(37-3)10-8-17;1-21(2)16-18(25-20(21)30)24-17(27-26-16)15-14-8-12(22)9-23-19(14)29(28-15)10-11-4-6-13(31-3)7-5-11;1-20(2)16-18(27(19(20)28)11-29-6-7-30(3,4)5)24-17(26-25-16)15-13-8-12(21)9-22-14(13)10-23-15;5-2-1-4(8,9)3(6)7/h7-10,13-14H,11-12,15-16H2,1-6H3;4-9H,10H2,1-3H3,(H,24,25,27,30);8-9H,6-7,10-11H2,1-5H3;3H,1-2H2. The molecule has 0 aliphatic carbocycles. The molecule has 0 fully saturated rings. The van der Waals surface area contributed by atoms with Crippen LogP contribution in [-0.2, 0) is 59.7 Å². The maximum atomic E-state index is 14.3. The average Bonchev–Trinajstić information content (AvgIpc) is 1.60. The minimum absolute atomic E-state index is 0.0702. The lowest BCUT2D eigenvalue weighted by Gasteiger charge is -2.21. The molecule has 37 heteroatoms. The number of fused-ring (bicyclic) bond motifs is 6. The Morgan fingerprint density at radius 2 is 1.01 bits per heavy atom. The molecule has 2 aromatic carbocycles. The second kappa shape index (κ2) is 31.8. The van der Waals surface area contributed by atoms with Crippen molar-refractivity contribution < 1.29 is 64.1 Å². The third-order valence-corrected chi connectivity index (χ3v) is 22.0. The number of nitrogens with zero attached hydrogens (tertiary/aromatic N) is 19. The summed E-state index contributed by atoms with van der Waals surface area (Å²) in [5, 5.41) is 38.4. The van der Waals surface area contributed by atoms with Crippen LogP contribution in [0, 0.1) is 17.5 Å². The van der Waals surface area contributed by atoms with Crippen molar-refractivity contribution in [3.63, 3.8) is 0 Å². The third-order valence-electron chi connectivity index (χ3n) is 18.2. The van der Waals surface area contributed by atoms with Crippen molar-refractivity contribution >= 4 is 95.0 Å². The highest BCUT2D eigenvalue weighted by Gasteiger charge is 2.50. The maximum absolute atomic E-state index is 14.3. The molecule has 4 aliphatic heterocycles. The number of hydrogen-bond acceptors (Lipinski definition) is 22. The molecule has 3 amide bonds. The van der Waals surface area contributed by atoms with Gasteiger partial charge in [-0.05, 0) is 107 Å². The molecule has 1 N–H and O–H groups in total. The average molecular weight is 1610 g/mol. The number of nitrogens with one attached hydrogen (secondary N) is 1. The molecular formula is C72H80BrF7N20O7Si2. The van der Waals surface area contributed by atoms with Gasteiger partial charge >= 0.3 is 12.3 Å². The number of hydrogen-bond donors (Lipinski definition) is 1. The van der Waals surface area contributed by atoms with E-state index in [2.05, 4.69) is 126 Å². The third kappa shape index (κ3) is 17.5. The van der Waals surface area contributed by atoms with Crippen molar-refractivity contribution in [3.8, 4) is 34.5 Å². The molecule has 8 aromatic heterocycles. The van der Waals surface area contributed by atoms with Gasteiger partial charge in [0.05, 0.1) is 85.2 Å². The van der Waals surface area contributed by atoms with E-state index in [0.29, 0.717) is 118 Å². The lowest BCUT2D eigenvalue weighted by atomic mass is 9.91. The molecule has 0 saturated heterocycles. The molecule has 0 unspecified atom stereocenters. The molecule has 27 nitrogen and oxygen atoms in total. The van der Waals surface area contributed by atoms with Crippen LogP contribution in [0.2, 0.25) is 51.4 Å². The molecule has 0 atom stereocenters. The number of alkyl halides is 5. The van der Waals surface area contributed by atoms with E-state index in [4.69, 9.17) is 29.0 Å². The zero-order valence-corrected chi connectivity index (χ0v) is 65.9. The van der Waals surface area contributed by atoms with Gasteiger partial charge < -0.3 is 24.3 Å². The summed E-state index contributed by atoms with van der Waals surface area (Å²) < 4.78 is 113. The van der Waals surface area contributed by atoms with Crippen LogP contribution in [0.25, 0.3) is 45.1 Å². The van der Waals surface area contributed by atoms with E-state index in [1.54, 1.807) is 65.1 Å². The number of benzene rings is 2. The molecule has 574 valence electrons. The highest BCUT2D eigenvalue weighted by molar-refractivity contribution is 9.09. The lowest BCUT2D eigenvalue weighted by Crippen LogP contribution is -2.38. The summed E-state index contributed by atoms with van der Waals surface area (Å²) in [4.78, 5) is 72.3. The number of halogens is 8. The molecule has 10 aromatic rings. The fraction of sp³-hybridized carbons (Fsp3) is 0.417. The summed E-state index contributed by atoms with van der Waals surface area (Å²) in [6.45, 7) is 26.8. The minimum Gasteiger partial charge on any atom is -0.497 e. The first-order valence-electron chi connectivity index (χ1n) is 34.5. The molecule has 14 rings (SSSR count). The SMILES string of the molecule is CC1(C)C(=O)N(COCC[Si](C)(C)C)c2nc(C3=NCc4ncc(F)cc43)nnc21.COc1ccc(Cn2nc(-c3nnc4c(n3)N(COCC[Si](C)(C)C)C(=O)C4(C)C)c3cc(F)cnc32)cc1.COc1ccc(Cn2nc(-c3nnc4c(n3)NC(=O)C4(C)C)c3cc(F)cnc32)cc1.FC(F)C(F)(F)CCBr. The Morgan fingerprint density at radius 3 is 1.45 bits per heavy atom. The quantitative estimate of drug-likeness (QED) is 0.0285. The summed E-state index contributed by atoms with van der Waals surface area (Å²) in [6.07, 6.45) is -0.899. The van der Waals surface area contributed by atoms with Gasteiger partial charge in [-0.3, -0.25) is 34.2 Å². The molecule has 0 saturated carbocycles. The predicted molar refractivity (Wildman–Crippen MR) is 400 cm³/mol. The van der Waals surface area contributed by atoms with Crippen LogP contribution in [0.1, 0.15) is 93.3 Å². The Kier molecular flexibility index (Phi) is 23.3.